The van der Waals surface area contributed by atoms with Crippen molar-refractivity contribution >= 4 is 0 Å². The molecule has 10 aromatic rings. The molecule has 1 aliphatic rings. The first-order valence-electron chi connectivity index (χ1n) is 38.1. The predicted molar refractivity (Wildman–Crippen MR) is 443 cm³/mol. The SMILES string of the molecule is COc1c2cc(C(C)(C)C)cc1C(c1cc(C)ccc1C)c1cc(C(C)(C)C)cc(c1OC)C(c1cc(C)ccc1C)c1cc(C(C)(C)C)cc(c1OC)C(c1cc(C)ccc1C)c1cc(C(C)(C)C)cc(c1OC)C(c1cc(C)ccc1C)c1cc(C(C)(C)C)cc(c1OC)C2c1cc(C)ccc1C. The molecular weight excluding hydrogens is 1280 g/mol. The Morgan fingerprint density at radius 2 is 0.305 bits per heavy atom. The van der Waals surface area contributed by atoms with Crippen LogP contribution in [0.25, 0.3) is 0 Å². The molecule has 0 fully saturated rings. The molecule has 105 heavy (non-hydrogen) atoms. The zero-order valence-corrected chi connectivity index (χ0v) is 69.4. The summed E-state index contributed by atoms with van der Waals surface area (Å²) in [6.45, 7) is 58.0. The maximum Gasteiger partial charge on any atom is 0.127 e. The number of methoxy groups -OCH3 is 5. The van der Waals surface area contributed by atoms with E-state index in [1.54, 1.807) is 0 Å². The van der Waals surface area contributed by atoms with E-state index in [4.69, 9.17) is 23.7 Å². The van der Waals surface area contributed by atoms with Crippen LogP contribution in [0.15, 0.2) is 152 Å². The molecule has 550 valence electrons. The molecule has 0 radical (unpaired) electrons. The molecule has 0 saturated heterocycles. The maximum absolute atomic E-state index is 7.48. The molecule has 0 heterocycles. The first-order valence-corrected chi connectivity index (χ1v) is 38.1. The minimum atomic E-state index is -0.449. The molecule has 0 N–H and O–H groups in total. The fourth-order valence-electron chi connectivity index (χ4n) is 16.7. The third-order valence-corrected chi connectivity index (χ3v) is 22.9. The van der Waals surface area contributed by atoms with Crippen LogP contribution >= 0.6 is 0 Å². The van der Waals surface area contributed by atoms with Gasteiger partial charge in [0.15, 0.2) is 0 Å². The summed E-state index contributed by atoms with van der Waals surface area (Å²) in [6.07, 6.45) is 0. The van der Waals surface area contributed by atoms with Crippen molar-refractivity contribution in [2.24, 2.45) is 0 Å². The van der Waals surface area contributed by atoms with Crippen molar-refractivity contribution in [3.63, 3.8) is 0 Å². The lowest BCUT2D eigenvalue weighted by Gasteiger charge is -2.37. The van der Waals surface area contributed by atoms with Crippen molar-refractivity contribution in [1.82, 2.24) is 0 Å². The molecule has 0 amide bonds. The van der Waals surface area contributed by atoms with Crippen LogP contribution in [0.3, 0.4) is 0 Å². The van der Waals surface area contributed by atoms with Gasteiger partial charge in [0.25, 0.3) is 0 Å². The van der Waals surface area contributed by atoms with Gasteiger partial charge in [0.05, 0.1) is 35.5 Å². The molecule has 0 aliphatic heterocycles. The lowest BCUT2D eigenvalue weighted by Crippen LogP contribution is -2.22. The molecule has 10 aromatic carbocycles. The Bertz CT molecular complexity index is 4120. The van der Waals surface area contributed by atoms with E-state index in [9.17, 15) is 0 Å². The monoisotopic (exact) mass is 1400 g/mol. The zero-order chi connectivity index (χ0) is 76.8. The van der Waals surface area contributed by atoms with E-state index in [-0.39, 0.29) is 27.1 Å². The van der Waals surface area contributed by atoms with Crippen molar-refractivity contribution in [3.8, 4) is 28.7 Å². The quantitative estimate of drug-likeness (QED) is 0.137. The lowest BCUT2D eigenvalue weighted by atomic mass is 9.69. The molecule has 0 unspecified atom stereocenters. The Balaban J connectivity index is 1.55. The molecule has 0 aromatic heterocycles. The van der Waals surface area contributed by atoms with Crippen molar-refractivity contribution in [1.29, 1.82) is 0 Å². The summed E-state index contributed by atoms with van der Waals surface area (Å²) in [5.74, 6) is 1.81. The Hall–Kier alpha value is -8.80. The Morgan fingerprint density at radius 1 is 0.181 bits per heavy atom. The van der Waals surface area contributed by atoms with Gasteiger partial charge in [-0.1, -0.05) is 283 Å². The maximum atomic E-state index is 7.48. The molecule has 0 spiro atoms. The summed E-state index contributed by atoms with van der Waals surface area (Å²) in [5, 5.41) is 0. The number of benzene rings is 10. The highest BCUT2D eigenvalue weighted by atomic mass is 16.5. The van der Waals surface area contributed by atoms with Crippen LogP contribution in [0.4, 0.5) is 0 Å². The minimum absolute atomic E-state index is 0.359. The van der Waals surface area contributed by atoms with Gasteiger partial charge in [-0.2, -0.15) is 0 Å². The fourth-order valence-corrected chi connectivity index (χ4v) is 16.7. The van der Waals surface area contributed by atoms with E-state index in [0.717, 1.165) is 84.4 Å². The van der Waals surface area contributed by atoms with Crippen LogP contribution in [0.1, 0.15) is 300 Å². The Kier molecular flexibility index (Phi) is 21.2. The minimum Gasteiger partial charge on any atom is -0.496 e. The molecule has 11 rings (SSSR count). The number of ether oxygens (including phenoxy) is 5. The van der Waals surface area contributed by atoms with Crippen LogP contribution < -0.4 is 23.7 Å². The third-order valence-electron chi connectivity index (χ3n) is 22.9. The normalized spacial score (nSPS) is 16.6. The van der Waals surface area contributed by atoms with Crippen molar-refractivity contribution in [2.45, 2.75) is 230 Å². The van der Waals surface area contributed by atoms with E-state index < -0.39 is 29.6 Å². The lowest BCUT2D eigenvalue weighted by molar-refractivity contribution is 0.388. The first-order chi connectivity index (χ1) is 49.1. The molecule has 0 saturated carbocycles. The van der Waals surface area contributed by atoms with Gasteiger partial charge in [0.2, 0.25) is 0 Å². The summed E-state index contributed by atoms with van der Waals surface area (Å²) in [4.78, 5) is 0. The highest BCUT2D eigenvalue weighted by Crippen LogP contribution is 2.59. The second-order valence-corrected chi connectivity index (χ2v) is 36.2. The summed E-state index contributed by atoms with van der Waals surface area (Å²) in [6, 6.07) is 59.8. The van der Waals surface area contributed by atoms with E-state index in [2.05, 4.69) is 325 Å². The third kappa shape index (κ3) is 14.8. The van der Waals surface area contributed by atoms with Gasteiger partial charge in [-0.25, -0.2) is 0 Å². The number of rotatable bonds is 10. The predicted octanol–water partition coefficient (Wildman–Crippen LogP) is 25.5. The average molecular weight is 1400 g/mol. The second-order valence-electron chi connectivity index (χ2n) is 36.2. The average Bonchev–Trinajstić information content (AvgIpc) is 0.724. The van der Waals surface area contributed by atoms with E-state index >= 15 is 0 Å². The summed E-state index contributed by atoms with van der Waals surface area (Å²) in [5.41, 5.74) is 32.2. The second kappa shape index (κ2) is 28.8. The summed E-state index contributed by atoms with van der Waals surface area (Å²) < 4.78 is 37.4. The highest BCUT2D eigenvalue weighted by Gasteiger charge is 2.42. The summed E-state index contributed by atoms with van der Waals surface area (Å²) >= 11 is 0. The number of hydrogen-bond acceptors (Lipinski definition) is 5. The van der Waals surface area contributed by atoms with E-state index in [0.29, 0.717) is 0 Å². The Labute approximate surface area is 632 Å². The first kappa shape index (κ1) is 77.3. The summed E-state index contributed by atoms with van der Waals surface area (Å²) in [7, 11) is 9.50. The zero-order valence-electron chi connectivity index (χ0n) is 69.4. The van der Waals surface area contributed by atoms with Crippen LogP contribution in [0, 0.1) is 69.2 Å². The van der Waals surface area contributed by atoms with Crippen molar-refractivity contribution in [3.05, 3.63) is 319 Å². The smallest absolute Gasteiger partial charge is 0.127 e. The van der Waals surface area contributed by atoms with Gasteiger partial charge in [-0.15, -0.1) is 0 Å². The number of hydrogen-bond donors (Lipinski definition) is 0. The van der Waals surface area contributed by atoms with Gasteiger partial charge in [-0.3, -0.25) is 0 Å². The largest absolute Gasteiger partial charge is 0.496 e. The van der Waals surface area contributed by atoms with Gasteiger partial charge < -0.3 is 23.7 Å². The van der Waals surface area contributed by atoms with Gasteiger partial charge in [0.1, 0.15) is 28.7 Å². The highest BCUT2D eigenvalue weighted by molar-refractivity contribution is 5.72. The van der Waals surface area contributed by atoms with Crippen LogP contribution in [0.2, 0.25) is 0 Å². The molecule has 5 nitrogen and oxygen atoms in total. The van der Waals surface area contributed by atoms with E-state index in [1.165, 1.54) is 111 Å². The van der Waals surface area contributed by atoms with E-state index in [1.807, 2.05) is 35.5 Å². The number of aryl methyl sites for hydroxylation is 10. The Morgan fingerprint density at radius 3 is 0.410 bits per heavy atom. The molecule has 10 bridgehead atoms. The molecule has 0 atom stereocenters. The number of fused-ring (bicyclic) bond motifs is 10. The van der Waals surface area contributed by atoms with Crippen LogP contribution in [-0.4, -0.2) is 35.5 Å². The molecule has 5 heteroatoms. The van der Waals surface area contributed by atoms with Crippen molar-refractivity contribution < 1.29 is 23.7 Å². The molecule has 1 aliphatic carbocycles. The standard InChI is InChI=1S/C100H120O5/c1-56-31-36-61(6)71(41-56)86-76-46-66(96(11,12)13)48-78(91(76)101-26)87(72-42-57(2)32-37-62(72)7)80-50-68(98(17,18)19)52-82(93(80)103-28)89(74-44-59(4)34-39-64(74)9)84-54-70(100(23,24)25)55-85(95(84)105-30)90(75-45-60(5)35-40-65(75)10)83-53-69(99(20,21)22)51-81(94(83)104-29)88(73-43-58(3)33-38-63(73)8)79-49-67(97(14,15)16)47-77(86)92(79)102-27/h31-55,86-90H,1-30H3. The van der Waals surface area contributed by atoms with Gasteiger partial charge in [0, 0.05) is 85.2 Å². The molecular formula is C100H120O5. The topological polar surface area (TPSA) is 46.2 Å². The van der Waals surface area contributed by atoms with Gasteiger partial charge >= 0.3 is 0 Å². The van der Waals surface area contributed by atoms with Gasteiger partial charge in [-0.05, 0) is 180 Å². The van der Waals surface area contributed by atoms with Crippen molar-refractivity contribution in [2.75, 3.05) is 35.5 Å². The van der Waals surface area contributed by atoms with Crippen LogP contribution in [-0.2, 0) is 27.1 Å². The van der Waals surface area contributed by atoms with Crippen LogP contribution in [0.5, 0.6) is 28.7 Å². The fraction of sp³-hybridized carbons (Fsp3) is 0.400.